The van der Waals surface area contributed by atoms with Gasteiger partial charge < -0.3 is 9.84 Å². The van der Waals surface area contributed by atoms with E-state index in [9.17, 15) is 13.5 Å². The number of hydrogen-bond acceptors (Lipinski definition) is 5. The van der Waals surface area contributed by atoms with Crippen molar-refractivity contribution < 1.29 is 18.3 Å². The molecule has 0 fully saturated rings. The van der Waals surface area contributed by atoms with Gasteiger partial charge >= 0.3 is 0 Å². The lowest BCUT2D eigenvalue weighted by Crippen LogP contribution is -2.19. The minimum atomic E-state index is -3.75. The highest BCUT2D eigenvalue weighted by Crippen LogP contribution is 2.25. The Morgan fingerprint density at radius 1 is 1.12 bits per heavy atom. The summed E-state index contributed by atoms with van der Waals surface area (Å²) in [6.45, 7) is 6.18. The summed E-state index contributed by atoms with van der Waals surface area (Å²) in [7, 11) is -2.31. The number of nitrogens with one attached hydrogen (secondary N) is 1. The van der Waals surface area contributed by atoms with Crippen molar-refractivity contribution in [3.8, 4) is 11.5 Å². The second-order valence-electron chi connectivity index (χ2n) is 6.56. The zero-order valence-corrected chi connectivity index (χ0v) is 15.5. The van der Waals surface area contributed by atoms with E-state index >= 15 is 0 Å². The first-order chi connectivity index (χ1) is 11.6. The molecule has 6 nitrogen and oxygen atoms in total. The van der Waals surface area contributed by atoms with Crippen molar-refractivity contribution in [3.63, 3.8) is 0 Å². The van der Waals surface area contributed by atoms with Gasteiger partial charge in [0.2, 0.25) is 0 Å². The van der Waals surface area contributed by atoms with Crippen LogP contribution in [0.4, 0.5) is 0 Å². The molecular weight excluding hydrogens is 340 g/mol. The average molecular weight is 362 g/mol. The molecule has 0 atom stereocenters. The quantitative estimate of drug-likeness (QED) is 0.632. The summed E-state index contributed by atoms with van der Waals surface area (Å²) in [5.74, 6) is 0.281. The maximum absolute atomic E-state index is 12.3. The lowest BCUT2D eigenvalue weighted by molar-refractivity contribution is 0.373. The lowest BCUT2D eigenvalue weighted by Gasteiger charge is -2.19. The molecule has 0 aliphatic heterocycles. The van der Waals surface area contributed by atoms with E-state index in [-0.39, 0.29) is 21.8 Å². The second kappa shape index (κ2) is 7.14. The van der Waals surface area contributed by atoms with Crippen molar-refractivity contribution >= 4 is 16.2 Å². The van der Waals surface area contributed by atoms with Crippen molar-refractivity contribution in [2.24, 2.45) is 5.10 Å². The topological polar surface area (TPSA) is 88.0 Å². The van der Waals surface area contributed by atoms with Crippen molar-refractivity contribution in [2.45, 2.75) is 31.1 Å². The highest BCUT2D eigenvalue weighted by molar-refractivity contribution is 7.89. The van der Waals surface area contributed by atoms with Crippen LogP contribution >= 0.6 is 0 Å². The standard InChI is InChI=1S/C18H22N2O4S/c1-18(2,3)14-6-8-15(9-7-14)25(22,23)20-19-12-13-5-10-16(21)17(11-13)24-4/h5-12,20-21H,1-4H3/b19-12+. The number of sulfonamides is 1. The molecule has 2 aromatic carbocycles. The lowest BCUT2D eigenvalue weighted by atomic mass is 9.87. The fourth-order valence-electron chi connectivity index (χ4n) is 2.13. The van der Waals surface area contributed by atoms with Crippen LogP contribution in [0.2, 0.25) is 0 Å². The number of hydrogen-bond donors (Lipinski definition) is 2. The van der Waals surface area contributed by atoms with Crippen LogP contribution in [0.3, 0.4) is 0 Å². The Morgan fingerprint density at radius 3 is 2.32 bits per heavy atom. The van der Waals surface area contributed by atoms with E-state index in [1.807, 2.05) is 0 Å². The van der Waals surface area contributed by atoms with Crippen LogP contribution in [0.25, 0.3) is 0 Å². The van der Waals surface area contributed by atoms with Crippen LogP contribution in [0.5, 0.6) is 11.5 Å². The van der Waals surface area contributed by atoms with E-state index in [2.05, 4.69) is 30.7 Å². The van der Waals surface area contributed by atoms with E-state index in [1.165, 1.54) is 19.4 Å². The molecule has 134 valence electrons. The molecule has 0 heterocycles. The Balaban J connectivity index is 2.13. The number of ether oxygens (including phenoxy) is 1. The Bertz CT molecular complexity index is 867. The molecule has 0 saturated heterocycles. The van der Waals surface area contributed by atoms with Crippen LogP contribution in [-0.4, -0.2) is 26.8 Å². The van der Waals surface area contributed by atoms with Crippen LogP contribution in [-0.2, 0) is 15.4 Å². The van der Waals surface area contributed by atoms with Gasteiger partial charge in [-0.1, -0.05) is 32.9 Å². The average Bonchev–Trinajstić information content (AvgIpc) is 2.55. The molecular formula is C18H22N2O4S. The van der Waals surface area contributed by atoms with Gasteiger partial charge in [0.05, 0.1) is 18.2 Å². The molecule has 7 heteroatoms. The number of phenols is 1. The molecule has 0 unspecified atom stereocenters. The van der Waals surface area contributed by atoms with E-state index in [0.717, 1.165) is 5.56 Å². The van der Waals surface area contributed by atoms with Gasteiger partial charge in [-0.3, -0.25) is 0 Å². The molecule has 25 heavy (non-hydrogen) atoms. The SMILES string of the molecule is COc1cc(/C=N/NS(=O)(=O)c2ccc(C(C)(C)C)cc2)ccc1O. The highest BCUT2D eigenvalue weighted by atomic mass is 32.2. The largest absolute Gasteiger partial charge is 0.504 e. The fraction of sp³-hybridized carbons (Fsp3) is 0.278. The summed E-state index contributed by atoms with van der Waals surface area (Å²) >= 11 is 0. The summed E-state index contributed by atoms with van der Waals surface area (Å²) in [4.78, 5) is 2.31. The second-order valence-corrected chi connectivity index (χ2v) is 8.22. The number of rotatable bonds is 5. The molecule has 0 spiro atoms. The number of phenolic OH excluding ortho intramolecular Hbond substituents is 1. The zero-order chi connectivity index (χ0) is 18.7. The van der Waals surface area contributed by atoms with E-state index in [4.69, 9.17) is 4.74 Å². The van der Waals surface area contributed by atoms with Gasteiger partial charge in [-0.25, -0.2) is 4.83 Å². The van der Waals surface area contributed by atoms with Gasteiger partial charge in [-0.05, 0) is 46.9 Å². The first-order valence-electron chi connectivity index (χ1n) is 7.66. The van der Waals surface area contributed by atoms with E-state index in [0.29, 0.717) is 5.56 Å². The maximum atomic E-state index is 12.3. The Labute approximate surface area is 148 Å². The number of benzene rings is 2. The van der Waals surface area contributed by atoms with Gasteiger partial charge in [0.25, 0.3) is 10.0 Å². The fourth-order valence-corrected chi connectivity index (χ4v) is 2.92. The van der Waals surface area contributed by atoms with Gasteiger partial charge in [-0.2, -0.15) is 13.5 Å². The van der Waals surface area contributed by atoms with Crippen LogP contribution in [0, 0.1) is 0 Å². The van der Waals surface area contributed by atoms with Crippen LogP contribution in [0.15, 0.2) is 52.5 Å². The molecule has 0 aliphatic carbocycles. The number of hydrazone groups is 1. The zero-order valence-electron chi connectivity index (χ0n) is 14.6. The number of nitrogens with zero attached hydrogens (tertiary/aromatic N) is 1. The third-order valence-electron chi connectivity index (χ3n) is 3.62. The molecule has 0 amide bonds. The molecule has 0 radical (unpaired) electrons. The van der Waals surface area contributed by atoms with Gasteiger partial charge in [-0.15, -0.1) is 0 Å². The third-order valence-corrected chi connectivity index (χ3v) is 4.86. The summed E-state index contributed by atoms with van der Waals surface area (Å²) in [6.07, 6.45) is 1.34. The van der Waals surface area contributed by atoms with Crippen molar-refractivity contribution in [1.29, 1.82) is 0 Å². The Morgan fingerprint density at radius 2 is 1.76 bits per heavy atom. The minimum Gasteiger partial charge on any atom is -0.504 e. The van der Waals surface area contributed by atoms with Crippen molar-refractivity contribution in [1.82, 2.24) is 4.83 Å². The molecule has 2 aromatic rings. The summed E-state index contributed by atoms with van der Waals surface area (Å²) in [5.41, 5.74) is 1.58. The van der Waals surface area contributed by atoms with Gasteiger partial charge in [0.1, 0.15) is 0 Å². The Kier molecular flexibility index (Phi) is 5.37. The monoisotopic (exact) mass is 362 g/mol. The van der Waals surface area contributed by atoms with Gasteiger partial charge in [0.15, 0.2) is 11.5 Å². The first kappa shape index (κ1) is 18.8. The first-order valence-corrected chi connectivity index (χ1v) is 9.14. The predicted octanol–water partition coefficient (Wildman–Crippen LogP) is 3.01. The van der Waals surface area contributed by atoms with Gasteiger partial charge in [0, 0.05) is 0 Å². The summed E-state index contributed by atoms with van der Waals surface area (Å²) < 4.78 is 29.5. The van der Waals surface area contributed by atoms with E-state index in [1.54, 1.807) is 36.4 Å². The van der Waals surface area contributed by atoms with Crippen molar-refractivity contribution in [3.05, 3.63) is 53.6 Å². The maximum Gasteiger partial charge on any atom is 0.276 e. The van der Waals surface area contributed by atoms with E-state index < -0.39 is 10.0 Å². The summed E-state index contributed by atoms with van der Waals surface area (Å²) in [6, 6.07) is 11.3. The third kappa shape index (κ3) is 4.73. The predicted molar refractivity (Wildman–Crippen MR) is 97.7 cm³/mol. The molecule has 0 saturated carbocycles. The highest BCUT2D eigenvalue weighted by Gasteiger charge is 2.17. The molecule has 2 rings (SSSR count). The minimum absolute atomic E-state index is 0.000770. The number of methoxy groups -OCH3 is 1. The Hall–Kier alpha value is -2.54. The summed E-state index contributed by atoms with van der Waals surface area (Å²) in [5, 5.41) is 13.3. The van der Waals surface area contributed by atoms with Crippen LogP contribution < -0.4 is 9.57 Å². The molecule has 0 aliphatic rings. The van der Waals surface area contributed by atoms with Crippen molar-refractivity contribution in [2.75, 3.05) is 7.11 Å². The molecule has 2 N–H and O–H groups in total. The smallest absolute Gasteiger partial charge is 0.276 e. The molecule has 0 aromatic heterocycles. The molecule has 0 bridgehead atoms. The normalized spacial score (nSPS) is 12.3. The number of aromatic hydroxyl groups is 1. The van der Waals surface area contributed by atoms with Crippen LogP contribution in [0.1, 0.15) is 31.9 Å².